The maximum Gasteiger partial charge on any atom is 0.265 e. The van der Waals surface area contributed by atoms with Crippen molar-refractivity contribution in [2.75, 3.05) is 10.0 Å². The molecule has 1 atom stereocenters. The molecule has 2 N–H and O–H groups in total. The number of aryl methyl sites for hydroxylation is 4. The minimum atomic E-state index is -3.76. The third-order valence-corrected chi connectivity index (χ3v) is 6.94. The maximum absolute atomic E-state index is 12.8. The van der Waals surface area contributed by atoms with Gasteiger partial charge in [0, 0.05) is 5.69 Å². The van der Waals surface area contributed by atoms with Gasteiger partial charge in [-0.05, 0) is 92.8 Å². The summed E-state index contributed by atoms with van der Waals surface area (Å²) in [7, 11) is -3.76. The number of nitrogens with one attached hydrogen (secondary N) is 2. The number of benzene rings is 3. The Hall–Kier alpha value is -3.32. The van der Waals surface area contributed by atoms with Gasteiger partial charge in [0.1, 0.15) is 5.75 Å². The third kappa shape index (κ3) is 5.93. The zero-order valence-electron chi connectivity index (χ0n) is 19.6. The lowest BCUT2D eigenvalue weighted by Crippen LogP contribution is -2.32. The Morgan fingerprint density at radius 2 is 1.52 bits per heavy atom. The van der Waals surface area contributed by atoms with Gasteiger partial charge < -0.3 is 10.1 Å². The van der Waals surface area contributed by atoms with E-state index >= 15 is 0 Å². The van der Waals surface area contributed by atoms with Crippen molar-refractivity contribution < 1.29 is 17.9 Å². The van der Waals surface area contributed by atoms with E-state index in [4.69, 9.17) is 4.74 Å². The average molecular weight is 467 g/mol. The van der Waals surface area contributed by atoms with Gasteiger partial charge in [0.25, 0.3) is 15.9 Å². The molecule has 0 radical (unpaired) electrons. The first-order valence-corrected chi connectivity index (χ1v) is 12.3. The first-order chi connectivity index (χ1) is 15.6. The van der Waals surface area contributed by atoms with Crippen LogP contribution in [-0.2, 0) is 14.8 Å². The summed E-state index contributed by atoms with van der Waals surface area (Å²) in [5.74, 6) is 0.346. The van der Waals surface area contributed by atoms with Gasteiger partial charge in [-0.1, -0.05) is 31.2 Å². The lowest BCUT2D eigenvalue weighted by molar-refractivity contribution is -0.122. The van der Waals surface area contributed by atoms with Crippen LogP contribution in [0.3, 0.4) is 0 Å². The number of ether oxygens (including phenoxy) is 1. The quantitative estimate of drug-likeness (QED) is 0.458. The van der Waals surface area contributed by atoms with Gasteiger partial charge in [-0.15, -0.1) is 0 Å². The summed E-state index contributed by atoms with van der Waals surface area (Å²) in [5.41, 5.74) is 5.00. The van der Waals surface area contributed by atoms with Crippen LogP contribution in [0.1, 0.15) is 35.6 Å². The highest BCUT2D eigenvalue weighted by atomic mass is 32.2. The third-order valence-electron chi connectivity index (χ3n) is 5.57. The molecule has 7 heteroatoms. The summed E-state index contributed by atoms with van der Waals surface area (Å²) in [6.45, 7) is 9.60. The summed E-state index contributed by atoms with van der Waals surface area (Å²) < 4.78 is 34.2. The minimum Gasteiger partial charge on any atom is -0.481 e. The molecule has 33 heavy (non-hydrogen) atoms. The van der Waals surface area contributed by atoms with E-state index in [1.807, 2.05) is 71.0 Å². The SMILES string of the molecule is CCC(Oc1ccc(C)c(C)c1)C(=O)Nc1ccc(S(=O)(=O)Nc2c(C)cccc2C)cc1. The van der Waals surface area contributed by atoms with Crippen molar-refractivity contribution >= 4 is 27.3 Å². The van der Waals surface area contributed by atoms with Crippen molar-refractivity contribution in [3.63, 3.8) is 0 Å². The molecule has 0 aliphatic carbocycles. The number of sulfonamides is 1. The summed E-state index contributed by atoms with van der Waals surface area (Å²) in [6.07, 6.45) is -0.175. The van der Waals surface area contributed by atoms with Gasteiger partial charge in [0.05, 0.1) is 10.6 Å². The van der Waals surface area contributed by atoms with Crippen molar-refractivity contribution in [3.8, 4) is 5.75 Å². The Labute approximate surface area is 196 Å². The van der Waals surface area contributed by atoms with Crippen LogP contribution in [0.15, 0.2) is 65.6 Å². The fourth-order valence-corrected chi connectivity index (χ4v) is 4.59. The van der Waals surface area contributed by atoms with E-state index in [9.17, 15) is 13.2 Å². The number of anilines is 2. The molecule has 174 valence electrons. The molecule has 0 aliphatic rings. The normalized spacial score (nSPS) is 12.2. The second-order valence-corrected chi connectivity index (χ2v) is 9.83. The summed E-state index contributed by atoms with van der Waals surface area (Å²) >= 11 is 0. The van der Waals surface area contributed by atoms with Gasteiger partial charge in [0.2, 0.25) is 0 Å². The molecule has 1 unspecified atom stereocenters. The van der Waals surface area contributed by atoms with Crippen LogP contribution in [0.25, 0.3) is 0 Å². The van der Waals surface area contributed by atoms with Crippen LogP contribution >= 0.6 is 0 Å². The fraction of sp³-hybridized carbons (Fsp3) is 0.269. The number of amides is 1. The van der Waals surface area contributed by atoms with Crippen LogP contribution in [-0.4, -0.2) is 20.4 Å². The van der Waals surface area contributed by atoms with Crippen molar-refractivity contribution in [1.82, 2.24) is 0 Å². The first-order valence-electron chi connectivity index (χ1n) is 10.8. The van der Waals surface area contributed by atoms with E-state index in [1.165, 1.54) is 12.1 Å². The van der Waals surface area contributed by atoms with Crippen molar-refractivity contribution in [3.05, 3.63) is 82.9 Å². The molecule has 0 aromatic heterocycles. The highest BCUT2D eigenvalue weighted by Gasteiger charge is 2.20. The van der Waals surface area contributed by atoms with Crippen LogP contribution < -0.4 is 14.8 Å². The standard InChI is InChI=1S/C26H30N2O4S/c1-6-24(32-22-13-10-17(2)20(5)16-22)26(29)27-21-11-14-23(15-12-21)33(30,31)28-25-18(3)8-7-9-19(25)4/h7-16,24,28H,6H2,1-5H3,(H,27,29). The van der Waals surface area contributed by atoms with Crippen molar-refractivity contribution in [2.45, 2.75) is 52.0 Å². The smallest absolute Gasteiger partial charge is 0.265 e. The lowest BCUT2D eigenvalue weighted by atomic mass is 10.1. The molecular formula is C26H30N2O4S. The summed E-state index contributed by atoms with van der Waals surface area (Å²) in [6, 6.07) is 17.4. The molecule has 6 nitrogen and oxygen atoms in total. The number of hydrogen-bond acceptors (Lipinski definition) is 4. The maximum atomic E-state index is 12.8. The van der Waals surface area contributed by atoms with Crippen molar-refractivity contribution in [2.24, 2.45) is 0 Å². The van der Waals surface area contributed by atoms with Crippen molar-refractivity contribution in [1.29, 1.82) is 0 Å². The second-order valence-electron chi connectivity index (χ2n) is 8.15. The molecule has 0 spiro atoms. The largest absolute Gasteiger partial charge is 0.481 e. The molecule has 0 saturated heterocycles. The number of rotatable bonds is 8. The zero-order valence-corrected chi connectivity index (χ0v) is 20.4. The highest BCUT2D eigenvalue weighted by molar-refractivity contribution is 7.92. The van der Waals surface area contributed by atoms with Crippen LogP contribution in [0, 0.1) is 27.7 Å². The Bertz CT molecular complexity index is 1230. The molecule has 3 rings (SSSR count). The molecule has 0 saturated carbocycles. The molecule has 1 amide bonds. The molecule has 3 aromatic rings. The Morgan fingerprint density at radius 3 is 2.09 bits per heavy atom. The molecule has 0 bridgehead atoms. The number of carbonyl (C=O) groups is 1. The van der Waals surface area contributed by atoms with E-state index in [0.29, 0.717) is 23.5 Å². The summed E-state index contributed by atoms with van der Waals surface area (Å²) in [5, 5.41) is 2.81. The predicted molar refractivity (Wildman–Crippen MR) is 132 cm³/mol. The molecular weight excluding hydrogens is 436 g/mol. The number of para-hydroxylation sites is 1. The van der Waals surface area contributed by atoms with Gasteiger partial charge in [0.15, 0.2) is 6.10 Å². The van der Waals surface area contributed by atoms with E-state index in [2.05, 4.69) is 10.0 Å². The van der Waals surface area contributed by atoms with Crippen LogP contribution in [0.5, 0.6) is 5.75 Å². The summed E-state index contributed by atoms with van der Waals surface area (Å²) in [4.78, 5) is 12.8. The first kappa shape index (κ1) is 24.3. The predicted octanol–water partition coefficient (Wildman–Crippen LogP) is 5.52. The zero-order chi connectivity index (χ0) is 24.2. The van der Waals surface area contributed by atoms with Crippen LogP contribution in [0.4, 0.5) is 11.4 Å². The topological polar surface area (TPSA) is 84.5 Å². The average Bonchev–Trinajstić information content (AvgIpc) is 2.77. The fourth-order valence-electron chi connectivity index (χ4n) is 3.38. The molecule has 0 heterocycles. The van der Waals surface area contributed by atoms with E-state index < -0.39 is 16.1 Å². The number of carbonyl (C=O) groups excluding carboxylic acids is 1. The van der Waals surface area contributed by atoms with E-state index in [-0.39, 0.29) is 10.8 Å². The van der Waals surface area contributed by atoms with Gasteiger partial charge in [-0.25, -0.2) is 8.42 Å². The van der Waals surface area contributed by atoms with E-state index in [1.54, 1.807) is 12.1 Å². The van der Waals surface area contributed by atoms with Gasteiger partial charge >= 0.3 is 0 Å². The molecule has 0 aliphatic heterocycles. The Balaban J connectivity index is 1.70. The van der Waals surface area contributed by atoms with Crippen LogP contribution in [0.2, 0.25) is 0 Å². The lowest BCUT2D eigenvalue weighted by Gasteiger charge is -2.18. The Kier molecular flexibility index (Phi) is 7.43. The second kappa shape index (κ2) is 10.1. The Morgan fingerprint density at radius 1 is 0.879 bits per heavy atom. The van der Waals surface area contributed by atoms with Gasteiger partial charge in [-0.3, -0.25) is 9.52 Å². The minimum absolute atomic E-state index is 0.113. The van der Waals surface area contributed by atoms with E-state index in [0.717, 1.165) is 22.3 Å². The number of hydrogen-bond donors (Lipinski definition) is 2. The monoisotopic (exact) mass is 466 g/mol. The molecule has 3 aromatic carbocycles. The molecule has 0 fully saturated rings. The highest BCUT2D eigenvalue weighted by Crippen LogP contribution is 2.24. The van der Waals surface area contributed by atoms with Gasteiger partial charge in [-0.2, -0.15) is 0 Å².